The Morgan fingerprint density at radius 2 is 2.39 bits per heavy atom. The number of benzene rings is 1. The van der Waals surface area contributed by atoms with Gasteiger partial charge in [-0.25, -0.2) is 4.39 Å². The molecule has 0 bridgehead atoms. The minimum Gasteiger partial charge on any atom is -0.492 e. The lowest BCUT2D eigenvalue weighted by Gasteiger charge is -2.15. The number of likely N-dealkylation sites (tertiary alicyclic amines) is 1. The standard InChI is InChI=1S/C13H13FN2O2/c14-11-2-1-3-12(7-11)18-5-4-16-9-10(8-15)6-13(16)17/h1-3,7,10H,4-6,9H2. The summed E-state index contributed by atoms with van der Waals surface area (Å²) < 4.78 is 18.2. The Morgan fingerprint density at radius 3 is 3.06 bits per heavy atom. The van der Waals surface area contributed by atoms with Crippen LogP contribution in [0.5, 0.6) is 5.75 Å². The summed E-state index contributed by atoms with van der Waals surface area (Å²) in [5.74, 6) is -0.149. The average Bonchev–Trinajstić information content (AvgIpc) is 2.71. The average molecular weight is 248 g/mol. The van der Waals surface area contributed by atoms with E-state index in [1.807, 2.05) is 0 Å². The Kier molecular flexibility index (Phi) is 3.78. The minimum atomic E-state index is -0.353. The van der Waals surface area contributed by atoms with Gasteiger partial charge >= 0.3 is 0 Å². The van der Waals surface area contributed by atoms with Gasteiger partial charge in [0.1, 0.15) is 18.2 Å². The molecule has 0 N–H and O–H groups in total. The fraction of sp³-hybridized carbons (Fsp3) is 0.385. The monoisotopic (exact) mass is 248 g/mol. The maximum atomic E-state index is 12.9. The molecule has 0 aliphatic carbocycles. The van der Waals surface area contributed by atoms with Crippen LogP contribution < -0.4 is 4.74 Å². The van der Waals surface area contributed by atoms with E-state index in [9.17, 15) is 9.18 Å². The lowest BCUT2D eigenvalue weighted by Crippen LogP contribution is -2.29. The number of ether oxygens (including phenoxy) is 1. The van der Waals surface area contributed by atoms with Crippen LogP contribution in [-0.2, 0) is 4.79 Å². The fourth-order valence-corrected chi connectivity index (χ4v) is 1.91. The quantitative estimate of drug-likeness (QED) is 0.812. The number of nitrogens with zero attached hydrogens (tertiary/aromatic N) is 2. The molecule has 1 aliphatic heterocycles. The van der Waals surface area contributed by atoms with Crippen LogP contribution in [0.4, 0.5) is 4.39 Å². The Balaban J connectivity index is 1.79. The van der Waals surface area contributed by atoms with Gasteiger partial charge in [-0.15, -0.1) is 0 Å². The smallest absolute Gasteiger partial charge is 0.224 e. The van der Waals surface area contributed by atoms with Crippen LogP contribution in [-0.4, -0.2) is 30.5 Å². The third-order valence-electron chi connectivity index (χ3n) is 2.82. The maximum absolute atomic E-state index is 12.9. The molecule has 1 unspecified atom stereocenters. The Labute approximate surface area is 105 Å². The topological polar surface area (TPSA) is 53.3 Å². The first-order chi connectivity index (χ1) is 8.69. The van der Waals surface area contributed by atoms with Gasteiger partial charge in [0.15, 0.2) is 0 Å². The van der Waals surface area contributed by atoms with E-state index in [1.54, 1.807) is 17.0 Å². The van der Waals surface area contributed by atoms with E-state index in [-0.39, 0.29) is 24.1 Å². The SMILES string of the molecule is N#CC1CC(=O)N(CCOc2cccc(F)c2)C1. The first kappa shape index (κ1) is 12.4. The number of hydrogen-bond acceptors (Lipinski definition) is 3. The van der Waals surface area contributed by atoms with E-state index >= 15 is 0 Å². The summed E-state index contributed by atoms with van der Waals surface area (Å²) in [5.41, 5.74) is 0. The van der Waals surface area contributed by atoms with Gasteiger partial charge in [0.2, 0.25) is 5.91 Å². The zero-order valence-electron chi connectivity index (χ0n) is 9.80. The Morgan fingerprint density at radius 1 is 1.56 bits per heavy atom. The molecule has 1 aromatic carbocycles. The van der Waals surface area contributed by atoms with Crippen molar-refractivity contribution in [2.75, 3.05) is 19.7 Å². The van der Waals surface area contributed by atoms with Crippen LogP contribution in [0.25, 0.3) is 0 Å². The van der Waals surface area contributed by atoms with Crippen molar-refractivity contribution >= 4 is 5.91 Å². The largest absolute Gasteiger partial charge is 0.492 e. The molecule has 18 heavy (non-hydrogen) atoms. The first-order valence-electron chi connectivity index (χ1n) is 5.75. The molecule has 0 saturated carbocycles. The van der Waals surface area contributed by atoms with Crippen molar-refractivity contribution in [1.29, 1.82) is 5.26 Å². The zero-order valence-corrected chi connectivity index (χ0v) is 9.80. The van der Waals surface area contributed by atoms with Crippen molar-refractivity contribution in [3.05, 3.63) is 30.1 Å². The molecular formula is C13H13FN2O2. The Hall–Kier alpha value is -2.09. The zero-order chi connectivity index (χ0) is 13.0. The van der Waals surface area contributed by atoms with Crippen LogP contribution >= 0.6 is 0 Å². The molecule has 0 aromatic heterocycles. The van der Waals surface area contributed by atoms with Crippen molar-refractivity contribution in [3.63, 3.8) is 0 Å². The fourth-order valence-electron chi connectivity index (χ4n) is 1.91. The molecule has 5 heteroatoms. The van der Waals surface area contributed by atoms with Crippen LogP contribution in [0.1, 0.15) is 6.42 Å². The second-order valence-corrected chi connectivity index (χ2v) is 4.18. The minimum absolute atomic E-state index is 0.0237. The van der Waals surface area contributed by atoms with E-state index in [0.29, 0.717) is 25.4 Å². The molecule has 1 heterocycles. The first-order valence-corrected chi connectivity index (χ1v) is 5.75. The number of rotatable bonds is 4. The molecule has 1 saturated heterocycles. The van der Waals surface area contributed by atoms with Gasteiger partial charge in [-0.3, -0.25) is 4.79 Å². The molecule has 0 radical (unpaired) electrons. The molecule has 1 amide bonds. The third kappa shape index (κ3) is 2.98. The summed E-state index contributed by atoms with van der Waals surface area (Å²) in [6.07, 6.45) is 0.288. The number of amides is 1. The molecule has 1 aromatic rings. The highest BCUT2D eigenvalue weighted by Gasteiger charge is 2.28. The number of carbonyl (C=O) groups excluding carboxylic acids is 1. The summed E-state index contributed by atoms with van der Waals surface area (Å²) in [6, 6.07) is 7.95. The highest BCUT2D eigenvalue weighted by molar-refractivity contribution is 5.79. The molecule has 1 fully saturated rings. The van der Waals surface area contributed by atoms with Crippen molar-refractivity contribution in [1.82, 2.24) is 4.90 Å². The maximum Gasteiger partial charge on any atom is 0.224 e. The van der Waals surface area contributed by atoms with Gasteiger partial charge in [0, 0.05) is 19.0 Å². The number of carbonyl (C=O) groups is 1. The normalized spacial score (nSPS) is 18.8. The van der Waals surface area contributed by atoms with E-state index in [1.165, 1.54) is 12.1 Å². The summed E-state index contributed by atoms with van der Waals surface area (Å²) in [7, 11) is 0. The van der Waals surface area contributed by atoms with Gasteiger partial charge in [0.25, 0.3) is 0 Å². The lowest BCUT2D eigenvalue weighted by molar-refractivity contribution is -0.128. The summed E-state index contributed by atoms with van der Waals surface area (Å²) in [5, 5.41) is 8.73. The van der Waals surface area contributed by atoms with Gasteiger partial charge in [-0.2, -0.15) is 5.26 Å². The van der Waals surface area contributed by atoms with E-state index in [4.69, 9.17) is 10.00 Å². The van der Waals surface area contributed by atoms with Gasteiger partial charge in [0.05, 0.1) is 18.5 Å². The van der Waals surface area contributed by atoms with E-state index < -0.39 is 0 Å². The molecule has 1 atom stereocenters. The second-order valence-electron chi connectivity index (χ2n) is 4.18. The second kappa shape index (κ2) is 5.50. The predicted molar refractivity (Wildman–Crippen MR) is 62.2 cm³/mol. The highest BCUT2D eigenvalue weighted by Crippen LogP contribution is 2.17. The predicted octanol–water partition coefficient (Wildman–Crippen LogP) is 1.58. The summed E-state index contributed by atoms with van der Waals surface area (Å²) >= 11 is 0. The molecule has 4 nitrogen and oxygen atoms in total. The summed E-state index contributed by atoms with van der Waals surface area (Å²) in [4.78, 5) is 13.1. The third-order valence-corrected chi connectivity index (χ3v) is 2.82. The molecule has 1 aliphatic rings. The summed E-state index contributed by atoms with van der Waals surface area (Å²) in [6.45, 7) is 1.18. The number of hydrogen-bond donors (Lipinski definition) is 0. The molecule has 2 rings (SSSR count). The van der Waals surface area contributed by atoms with Crippen molar-refractivity contribution in [2.45, 2.75) is 6.42 Å². The number of nitriles is 1. The van der Waals surface area contributed by atoms with Crippen LogP contribution in [0.15, 0.2) is 24.3 Å². The van der Waals surface area contributed by atoms with Gasteiger partial charge in [-0.1, -0.05) is 6.07 Å². The van der Waals surface area contributed by atoms with Crippen LogP contribution in [0.2, 0.25) is 0 Å². The number of halogens is 1. The van der Waals surface area contributed by atoms with Crippen molar-refractivity contribution in [2.24, 2.45) is 5.92 Å². The van der Waals surface area contributed by atoms with E-state index in [2.05, 4.69) is 6.07 Å². The molecule has 0 spiro atoms. The highest BCUT2D eigenvalue weighted by atomic mass is 19.1. The van der Waals surface area contributed by atoms with Crippen molar-refractivity contribution < 1.29 is 13.9 Å². The van der Waals surface area contributed by atoms with Crippen LogP contribution in [0, 0.1) is 23.1 Å². The molecular weight excluding hydrogens is 235 g/mol. The van der Waals surface area contributed by atoms with Gasteiger partial charge < -0.3 is 9.64 Å². The lowest BCUT2D eigenvalue weighted by atomic mass is 10.1. The van der Waals surface area contributed by atoms with Crippen molar-refractivity contribution in [3.8, 4) is 11.8 Å². The molecule has 94 valence electrons. The van der Waals surface area contributed by atoms with E-state index in [0.717, 1.165) is 0 Å². The van der Waals surface area contributed by atoms with Crippen LogP contribution in [0.3, 0.4) is 0 Å². The van der Waals surface area contributed by atoms with Gasteiger partial charge in [-0.05, 0) is 12.1 Å². The Bertz CT molecular complexity index is 484.